The summed E-state index contributed by atoms with van der Waals surface area (Å²) in [7, 11) is -3.65. The molecule has 2 aromatic rings. The van der Waals surface area contributed by atoms with Crippen LogP contribution in [-0.4, -0.2) is 38.9 Å². The van der Waals surface area contributed by atoms with Crippen molar-refractivity contribution in [3.63, 3.8) is 0 Å². The maximum atomic E-state index is 13.3. The van der Waals surface area contributed by atoms with Crippen LogP contribution in [0.15, 0.2) is 53.4 Å². The Balaban J connectivity index is 1.70. The number of nitrogens with zero attached hydrogens (tertiary/aromatic N) is 1. The number of hydrogen-bond donors (Lipinski definition) is 1. The van der Waals surface area contributed by atoms with Crippen LogP contribution in [0.1, 0.15) is 18.5 Å². The topological polar surface area (TPSA) is 41.8 Å². The highest BCUT2D eigenvalue weighted by molar-refractivity contribution is 7.89. The number of benzene rings is 2. The second-order valence-electron chi connectivity index (χ2n) is 6.27. The molecule has 134 valence electrons. The predicted octanol–water partition coefficient (Wildman–Crippen LogP) is 2.13. The zero-order chi connectivity index (χ0) is 18.0. The van der Waals surface area contributed by atoms with E-state index in [1.807, 2.05) is 18.2 Å². The smallest absolute Gasteiger partial charge is 0.243 e. The predicted molar refractivity (Wildman–Crippen MR) is 95.7 cm³/mol. The molecule has 7 heteroatoms. The molecule has 0 unspecified atom stereocenters. The molecule has 2 aromatic carbocycles. The van der Waals surface area contributed by atoms with Crippen molar-refractivity contribution in [2.45, 2.75) is 17.9 Å². The van der Waals surface area contributed by atoms with Gasteiger partial charge in [0, 0.05) is 5.56 Å². The van der Waals surface area contributed by atoms with E-state index in [9.17, 15) is 12.8 Å². The number of quaternary nitrogens is 1. The molecule has 0 radical (unpaired) electrons. The molecular formula is C18H21ClFN2O2S+. The highest BCUT2D eigenvalue weighted by Crippen LogP contribution is 2.22. The lowest BCUT2D eigenvalue weighted by atomic mass is 10.1. The number of piperazine rings is 1. The van der Waals surface area contributed by atoms with Gasteiger partial charge in [-0.3, -0.25) is 0 Å². The summed E-state index contributed by atoms with van der Waals surface area (Å²) in [5, 5.41) is -0.178. The van der Waals surface area contributed by atoms with Gasteiger partial charge in [-0.15, -0.1) is 0 Å². The lowest BCUT2D eigenvalue weighted by Gasteiger charge is -2.35. The Bertz CT molecular complexity index is 837. The third-order valence-electron chi connectivity index (χ3n) is 4.81. The summed E-state index contributed by atoms with van der Waals surface area (Å²) in [4.78, 5) is 1.40. The second kappa shape index (κ2) is 7.41. The highest BCUT2D eigenvalue weighted by atomic mass is 35.5. The molecule has 1 heterocycles. The fourth-order valence-electron chi connectivity index (χ4n) is 3.21. The van der Waals surface area contributed by atoms with Gasteiger partial charge in [0.2, 0.25) is 10.0 Å². The number of hydrogen-bond acceptors (Lipinski definition) is 2. The Morgan fingerprint density at radius 2 is 1.76 bits per heavy atom. The number of halogens is 2. The third-order valence-corrected chi connectivity index (χ3v) is 6.99. The van der Waals surface area contributed by atoms with Crippen LogP contribution in [0.3, 0.4) is 0 Å². The Kier molecular flexibility index (Phi) is 5.43. The van der Waals surface area contributed by atoms with Crippen molar-refractivity contribution in [1.29, 1.82) is 0 Å². The summed E-state index contributed by atoms with van der Waals surface area (Å²) < 4.78 is 40.2. The molecule has 1 N–H and O–H groups in total. The van der Waals surface area contributed by atoms with Crippen LogP contribution in [-0.2, 0) is 10.0 Å². The van der Waals surface area contributed by atoms with Crippen LogP contribution in [0.2, 0.25) is 5.02 Å². The fourth-order valence-corrected chi connectivity index (χ4v) is 4.92. The molecule has 3 rings (SSSR count). The van der Waals surface area contributed by atoms with Gasteiger partial charge < -0.3 is 4.90 Å². The van der Waals surface area contributed by atoms with E-state index in [4.69, 9.17) is 11.6 Å². The summed E-state index contributed by atoms with van der Waals surface area (Å²) in [6.45, 7) is 4.48. The summed E-state index contributed by atoms with van der Waals surface area (Å²) in [6, 6.07) is 14.1. The Hall–Kier alpha value is -1.47. The van der Waals surface area contributed by atoms with Crippen molar-refractivity contribution in [1.82, 2.24) is 4.31 Å². The van der Waals surface area contributed by atoms with Crippen LogP contribution in [0, 0.1) is 5.82 Å². The van der Waals surface area contributed by atoms with Crippen molar-refractivity contribution < 1.29 is 17.7 Å². The summed E-state index contributed by atoms with van der Waals surface area (Å²) in [5.74, 6) is -0.619. The number of rotatable bonds is 4. The minimum atomic E-state index is -3.65. The van der Waals surface area contributed by atoms with Gasteiger partial charge in [-0.1, -0.05) is 41.9 Å². The molecule has 0 aromatic heterocycles. The molecule has 1 atom stereocenters. The normalized spacial score (nSPS) is 18.2. The lowest BCUT2D eigenvalue weighted by molar-refractivity contribution is -0.933. The van der Waals surface area contributed by atoms with Gasteiger partial charge in [0.25, 0.3) is 0 Å². The standard InChI is InChI=1S/C18H20ClFN2O2S/c1-14(15-5-3-2-4-6-15)21-9-11-22(12-10-21)25(23,24)16-7-8-18(20)17(19)13-16/h2-8,13-14H,9-12H2,1H3/p+1/t14-/m1/s1. The SMILES string of the molecule is C[C@H](c1ccccc1)[NH+]1CCN(S(=O)(=O)c2ccc(F)c(Cl)c2)CC1. The van der Waals surface area contributed by atoms with Crippen molar-refractivity contribution in [2.24, 2.45) is 0 Å². The van der Waals surface area contributed by atoms with E-state index in [2.05, 4.69) is 19.1 Å². The zero-order valence-electron chi connectivity index (χ0n) is 14.0. The first-order valence-corrected chi connectivity index (χ1v) is 10.1. The van der Waals surface area contributed by atoms with Crippen molar-refractivity contribution >= 4 is 21.6 Å². The van der Waals surface area contributed by atoms with Crippen molar-refractivity contribution in [3.05, 3.63) is 64.9 Å². The van der Waals surface area contributed by atoms with E-state index >= 15 is 0 Å². The average molecular weight is 384 g/mol. The minimum Gasteiger partial charge on any atom is -0.327 e. The lowest BCUT2D eigenvalue weighted by Crippen LogP contribution is -3.14. The Morgan fingerprint density at radius 3 is 2.36 bits per heavy atom. The molecular weight excluding hydrogens is 363 g/mol. The first-order chi connectivity index (χ1) is 11.9. The van der Waals surface area contributed by atoms with Crippen molar-refractivity contribution in [3.8, 4) is 0 Å². The molecule has 1 saturated heterocycles. The van der Waals surface area contributed by atoms with Crippen LogP contribution in [0.25, 0.3) is 0 Å². The van der Waals surface area contributed by atoms with Crippen LogP contribution >= 0.6 is 11.6 Å². The first kappa shape index (κ1) is 18.3. The third kappa shape index (κ3) is 3.87. The molecule has 0 spiro atoms. The Morgan fingerprint density at radius 1 is 1.12 bits per heavy atom. The molecule has 1 aliphatic rings. The first-order valence-electron chi connectivity index (χ1n) is 8.24. The monoisotopic (exact) mass is 383 g/mol. The van der Waals surface area contributed by atoms with Crippen LogP contribution in [0.4, 0.5) is 4.39 Å². The molecule has 0 aliphatic carbocycles. The van der Waals surface area contributed by atoms with E-state index in [-0.39, 0.29) is 9.92 Å². The Labute approximate surface area is 152 Å². The quantitative estimate of drug-likeness (QED) is 0.878. The van der Waals surface area contributed by atoms with Gasteiger partial charge in [0.1, 0.15) is 11.9 Å². The van der Waals surface area contributed by atoms with E-state index in [0.29, 0.717) is 19.1 Å². The highest BCUT2D eigenvalue weighted by Gasteiger charge is 2.32. The molecule has 0 bridgehead atoms. The van der Waals surface area contributed by atoms with E-state index < -0.39 is 15.8 Å². The fraction of sp³-hybridized carbons (Fsp3) is 0.333. The van der Waals surface area contributed by atoms with Gasteiger partial charge in [0.05, 0.1) is 36.1 Å². The maximum Gasteiger partial charge on any atom is 0.243 e. The van der Waals surface area contributed by atoms with Crippen LogP contribution < -0.4 is 4.90 Å². The molecule has 1 aliphatic heterocycles. The van der Waals surface area contributed by atoms with E-state index in [0.717, 1.165) is 19.2 Å². The molecule has 25 heavy (non-hydrogen) atoms. The summed E-state index contributed by atoms with van der Waals surface area (Å²) in [6.07, 6.45) is 0. The maximum absolute atomic E-state index is 13.3. The largest absolute Gasteiger partial charge is 0.327 e. The number of nitrogens with one attached hydrogen (secondary N) is 1. The number of sulfonamides is 1. The van der Waals surface area contributed by atoms with Gasteiger partial charge in [0.15, 0.2) is 0 Å². The molecule has 0 amide bonds. The second-order valence-corrected chi connectivity index (χ2v) is 8.62. The zero-order valence-corrected chi connectivity index (χ0v) is 15.5. The minimum absolute atomic E-state index is 0.0402. The van der Waals surface area contributed by atoms with Gasteiger partial charge in [-0.05, 0) is 25.1 Å². The molecule has 0 saturated carbocycles. The van der Waals surface area contributed by atoms with Gasteiger partial charge in [-0.2, -0.15) is 4.31 Å². The molecule has 1 fully saturated rings. The van der Waals surface area contributed by atoms with Gasteiger partial charge in [-0.25, -0.2) is 12.8 Å². The average Bonchev–Trinajstić information content (AvgIpc) is 2.64. The van der Waals surface area contributed by atoms with Gasteiger partial charge >= 0.3 is 0 Å². The van der Waals surface area contributed by atoms with Crippen molar-refractivity contribution in [2.75, 3.05) is 26.2 Å². The summed E-state index contributed by atoms with van der Waals surface area (Å²) >= 11 is 5.73. The molecule has 4 nitrogen and oxygen atoms in total. The van der Waals surface area contributed by atoms with E-state index in [1.165, 1.54) is 26.9 Å². The summed E-state index contributed by atoms with van der Waals surface area (Å²) in [5.41, 5.74) is 1.25. The van der Waals surface area contributed by atoms with Crippen LogP contribution in [0.5, 0.6) is 0 Å². The van der Waals surface area contributed by atoms with E-state index in [1.54, 1.807) is 0 Å².